The molecule has 2 nitrogen and oxygen atoms in total. The molecule has 1 atom stereocenters. The first kappa shape index (κ1) is 11.7. The smallest absolute Gasteiger partial charge is 0.321 e. The normalized spacial score (nSPS) is 12.0. The van der Waals surface area contributed by atoms with Crippen LogP contribution in [0.5, 0.6) is 0 Å². The summed E-state index contributed by atoms with van der Waals surface area (Å²) >= 11 is 1.35. The third kappa shape index (κ3) is 3.11. The molecule has 0 aromatic heterocycles. The third-order valence-electron chi connectivity index (χ3n) is 2.32. The Kier molecular flexibility index (Phi) is 3.83. The van der Waals surface area contributed by atoms with Crippen LogP contribution in [0.1, 0.15) is 10.8 Å². The van der Waals surface area contributed by atoms with Gasteiger partial charge in [-0.25, -0.2) is 0 Å². The van der Waals surface area contributed by atoms with Gasteiger partial charge in [0.25, 0.3) is 0 Å². The van der Waals surface area contributed by atoms with Crippen LogP contribution in [0, 0.1) is 0 Å². The number of hydrogen-bond donors (Lipinski definition) is 1. The average molecular weight is 244 g/mol. The monoisotopic (exact) mass is 244 g/mol. The fourth-order valence-electron chi connectivity index (χ4n) is 1.52. The van der Waals surface area contributed by atoms with E-state index < -0.39 is 11.2 Å². The number of hydrogen-bond acceptors (Lipinski definition) is 2. The summed E-state index contributed by atoms with van der Waals surface area (Å²) in [6.07, 6.45) is 0. The van der Waals surface area contributed by atoms with E-state index in [1.807, 2.05) is 60.7 Å². The lowest BCUT2D eigenvalue weighted by molar-refractivity contribution is -0.136. The highest BCUT2D eigenvalue weighted by atomic mass is 32.2. The van der Waals surface area contributed by atoms with E-state index in [0.717, 1.165) is 10.5 Å². The van der Waals surface area contributed by atoms with E-state index in [1.165, 1.54) is 11.8 Å². The Balaban J connectivity index is 2.23. The third-order valence-corrected chi connectivity index (χ3v) is 3.58. The molecule has 2 aromatic rings. The van der Waals surface area contributed by atoms with Crippen LogP contribution in [0.4, 0.5) is 0 Å². The SMILES string of the molecule is O=C(O)[C@H](Sc1ccccc1)c1ccccc1. The van der Waals surface area contributed by atoms with Gasteiger partial charge in [-0.15, -0.1) is 11.8 Å². The highest BCUT2D eigenvalue weighted by Gasteiger charge is 2.20. The van der Waals surface area contributed by atoms with Gasteiger partial charge in [0.05, 0.1) is 0 Å². The minimum absolute atomic E-state index is 0.557. The molecule has 17 heavy (non-hydrogen) atoms. The van der Waals surface area contributed by atoms with Gasteiger partial charge in [-0.3, -0.25) is 4.79 Å². The molecule has 0 heterocycles. The van der Waals surface area contributed by atoms with Crippen molar-refractivity contribution in [2.75, 3.05) is 0 Å². The Morgan fingerprint density at radius 1 is 0.941 bits per heavy atom. The molecule has 0 radical (unpaired) electrons. The van der Waals surface area contributed by atoms with Crippen LogP contribution < -0.4 is 0 Å². The average Bonchev–Trinajstić information content (AvgIpc) is 2.38. The minimum atomic E-state index is -0.815. The summed E-state index contributed by atoms with van der Waals surface area (Å²) in [5, 5.41) is 8.71. The molecule has 0 fully saturated rings. The van der Waals surface area contributed by atoms with E-state index >= 15 is 0 Å². The fourth-order valence-corrected chi connectivity index (χ4v) is 2.50. The van der Waals surface area contributed by atoms with E-state index in [9.17, 15) is 9.90 Å². The Morgan fingerprint density at radius 2 is 1.47 bits per heavy atom. The maximum Gasteiger partial charge on any atom is 0.321 e. The zero-order valence-corrected chi connectivity index (χ0v) is 9.93. The van der Waals surface area contributed by atoms with E-state index in [1.54, 1.807) is 0 Å². The van der Waals surface area contributed by atoms with Crippen LogP contribution >= 0.6 is 11.8 Å². The van der Waals surface area contributed by atoms with Crippen LogP contribution in [0.2, 0.25) is 0 Å². The van der Waals surface area contributed by atoms with Crippen LogP contribution in [-0.4, -0.2) is 11.1 Å². The van der Waals surface area contributed by atoms with Gasteiger partial charge in [0.2, 0.25) is 0 Å². The van der Waals surface area contributed by atoms with Crippen molar-refractivity contribution in [3.8, 4) is 0 Å². The van der Waals surface area contributed by atoms with Crippen molar-refractivity contribution < 1.29 is 9.90 Å². The first-order chi connectivity index (χ1) is 8.27. The summed E-state index contributed by atoms with van der Waals surface area (Å²) in [7, 11) is 0. The first-order valence-electron chi connectivity index (χ1n) is 5.27. The molecule has 0 unspecified atom stereocenters. The molecule has 0 aliphatic heterocycles. The number of rotatable bonds is 4. The number of aliphatic carboxylic acids is 1. The predicted molar refractivity (Wildman–Crippen MR) is 69.1 cm³/mol. The van der Waals surface area contributed by atoms with Crippen molar-refractivity contribution in [3.63, 3.8) is 0 Å². The Morgan fingerprint density at radius 3 is 2.00 bits per heavy atom. The van der Waals surface area contributed by atoms with Gasteiger partial charge in [0, 0.05) is 4.90 Å². The molecule has 86 valence electrons. The summed E-state index contributed by atoms with van der Waals surface area (Å²) in [5.41, 5.74) is 0.814. The molecule has 0 aliphatic carbocycles. The van der Waals surface area contributed by atoms with Gasteiger partial charge in [-0.05, 0) is 17.7 Å². The maximum atomic E-state index is 11.3. The number of thioether (sulfide) groups is 1. The highest BCUT2D eigenvalue weighted by molar-refractivity contribution is 8.00. The van der Waals surface area contributed by atoms with Crippen molar-refractivity contribution in [3.05, 3.63) is 66.2 Å². The lowest BCUT2D eigenvalue weighted by atomic mass is 10.1. The molecule has 2 rings (SSSR count). The summed E-state index contributed by atoms with van der Waals surface area (Å²) in [6.45, 7) is 0. The zero-order chi connectivity index (χ0) is 12.1. The summed E-state index contributed by atoms with van der Waals surface area (Å²) < 4.78 is 0. The quantitative estimate of drug-likeness (QED) is 0.835. The van der Waals surface area contributed by atoms with Crippen LogP contribution in [0.25, 0.3) is 0 Å². The van der Waals surface area contributed by atoms with Gasteiger partial charge in [-0.1, -0.05) is 48.5 Å². The second kappa shape index (κ2) is 5.55. The Bertz CT molecular complexity index is 482. The number of carbonyl (C=O) groups is 1. The standard InChI is InChI=1S/C14H12O2S/c15-14(16)13(11-7-3-1-4-8-11)17-12-9-5-2-6-10-12/h1-10,13H,(H,15,16)/t13-/m1/s1. The fraction of sp³-hybridized carbons (Fsp3) is 0.0714. The van der Waals surface area contributed by atoms with Gasteiger partial charge in [-0.2, -0.15) is 0 Å². The van der Waals surface area contributed by atoms with Crippen molar-refractivity contribution in [2.24, 2.45) is 0 Å². The molecular formula is C14H12O2S. The molecule has 0 saturated heterocycles. The summed E-state index contributed by atoms with van der Waals surface area (Å²) in [4.78, 5) is 12.2. The summed E-state index contributed by atoms with van der Waals surface area (Å²) in [5.74, 6) is -0.815. The lowest BCUT2D eigenvalue weighted by Crippen LogP contribution is -2.07. The number of benzene rings is 2. The molecule has 0 saturated carbocycles. The van der Waals surface area contributed by atoms with Crippen molar-refractivity contribution in [1.29, 1.82) is 0 Å². The first-order valence-corrected chi connectivity index (χ1v) is 6.15. The zero-order valence-electron chi connectivity index (χ0n) is 9.11. The molecule has 3 heteroatoms. The second-order valence-electron chi connectivity index (χ2n) is 3.56. The van der Waals surface area contributed by atoms with Crippen LogP contribution in [-0.2, 0) is 4.79 Å². The molecular weight excluding hydrogens is 232 g/mol. The Hall–Kier alpha value is -1.74. The topological polar surface area (TPSA) is 37.3 Å². The maximum absolute atomic E-state index is 11.3. The van der Waals surface area contributed by atoms with Gasteiger partial charge >= 0.3 is 5.97 Å². The van der Waals surface area contributed by atoms with Crippen molar-refractivity contribution >= 4 is 17.7 Å². The molecule has 1 N–H and O–H groups in total. The van der Waals surface area contributed by atoms with E-state index in [2.05, 4.69) is 0 Å². The number of carboxylic acids is 1. The molecule has 0 amide bonds. The minimum Gasteiger partial charge on any atom is -0.480 e. The number of carboxylic acid groups (broad SMARTS) is 1. The molecule has 0 aliphatic rings. The van der Waals surface area contributed by atoms with Gasteiger partial charge in [0.1, 0.15) is 5.25 Å². The van der Waals surface area contributed by atoms with Crippen molar-refractivity contribution in [2.45, 2.75) is 10.1 Å². The van der Waals surface area contributed by atoms with Crippen LogP contribution in [0.15, 0.2) is 65.6 Å². The van der Waals surface area contributed by atoms with E-state index in [0.29, 0.717) is 0 Å². The second-order valence-corrected chi connectivity index (χ2v) is 4.74. The largest absolute Gasteiger partial charge is 0.480 e. The highest BCUT2D eigenvalue weighted by Crippen LogP contribution is 2.35. The molecule has 0 spiro atoms. The molecule has 2 aromatic carbocycles. The van der Waals surface area contributed by atoms with Crippen LogP contribution in [0.3, 0.4) is 0 Å². The predicted octanol–water partition coefficient (Wildman–Crippen LogP) is 3.60. The van der Waals surface area contributed by atoms with E-state index in [4.69, 9.17) is 0 Å². The van der Waals surface area contributed by atoms with E-state index in [-0.39, 0.29) is 0 Å². The molecule has 0 bridgehead atoms. The Labute approximate surface area is 104 Å². The van der Waals surface area contributed by atoms with Gasteiger partial charge in [0.15, 0.2) is 0 Å². The van der Waals surface area contributed by atoms with Crippen molar-refractivity contribution in [1.82, 2.24) is 0 Å². The summed E-state index contributed by atoms with van der Waals surface area (Å²) in [6, 6.07) is 18.9. The van der Waals surface area contributed by atoms with Gasteiger partial charge < -0.3 is 5.11 Å². The lowest BCUT2D eigenvalue weighted by Gasteiger charge is -2.12.